The fraction of sp³-hybridized carbons (Fsp3) is 1.00. The predicted octanol–water partition coefficient (Wildman–Crippen LogP) is 8.54. The molecule has 0 nitrogen and oxygen atoms in total. The first-order chi connectivity index (χ1) is 10.7. The molecular formula is C22H46. The number of rotatable bonds is 17. The van der Waals surface area contributed by atoms with Crippen LogP contribution >= 0.6 is 0 Å². The predicted molar refractivity (Wildman–Crippen MR) is 104 cm³/mol. The van der Waals surface area contributed by atoms with Crippen molar-refractivity contribution in [3.05, 3.63) is 0 Å². The van der Waals surface area contributed by atoms with E-state index < -0.39 is 0 Å². The van der Waals surface area contributed by atoms with Crippen LogP contribution in [0, 0.1) is 11.8 Å². The quantitative estimate of drug-likeness (QED) is 0.236. The third kappa shape index (κ3) is 14.9. The summed E-state index contributed by atoms with van der Waals surface area (Å²) in [7, 11) is 0. The first kappa shape index (κ1) is 22.0. The summed E-state index contributed by atoms with van der Waals surface area (Å²) in [6, 6.07) is 0. The number of hydrogen-bond donors (Lipinski definition) is 0. The molecule has 0 heteroatoms. The third-order valence-corrected chi connectivity index (χ3v) is 5.50. The fourth-order valence-electron chi connectivity index (χ4n) is 3.42. The van der Waals surface area contributed by atoms with Crippen molar-refractivity contribution < 1.29 is 0 Å². The van der Waals surface area contributed by atoms with Crippen LogP contribution in [0.2, 0.25) is 0 Å². The van der Waals surface area contributed by atoms with Crippen LogP contribution in [0.25, 0.3) is 0 Å². The Hall–Kier alpha value is 0. The van der Waals surface area contributed by atoms with E-state index in [4.69, 9.17) is 0 Å². The van der Waals surface area contributed by atoms with Crippen molar-refractivity contribution in [1.82, 2.24) is 0 Å². The highest BCUT2D eigenvalue weighted by Gasteiger charge is 2.11. The maximum atomic E-state index is 2.49. The summed E-state index contributed by atoms with van der Waals surface area (Å²) < 4.78 is 0. The Balaban J connectivity index is 3.33. The van der Waals surface area contributed by atoms with Crippen molar-refractivity contribution in [1.29, 1.82) is 0 Å². The zero-order valence-corrected chi connectivity index (χ0v) is 16.5. The lowest BCUT2D eigenvalue weighted by atomic mass is 9.86. The van der Waals surface area contributed by atoms with Crippen molar-refractivity contribution in [2.24, 2.45) is 11.8 Å². The molecule has 0 heterocycles. The van der Waals surface area contributed by atoms with Crippen molar-refractivity contribution >= 4 is 0 Å². The van der Waals surface area contributed by atoms with Crippen molar-refractivity contribution in [3.8, 4) is 0 Å². The van der Waals surface area contributed by atoms with Gasteiger partial charge in [0.1, 0.15) is 0 Å². The number of unbranched alkanes of at least 4 members (excludes halogenated alkanes) is 12. The Bertz CT molecular complexity index is 174. The van der Waals surface area contributed by atoms with Crippen LogP contribution in [0.4, 0.5) is 0 Å². The van der Waals surface area contributed by atoms with Crippen LogP contribution in [0.1, 0.15) is 130 Å². The van der Waals surface area contributed by atoms with E-state index in [2.05, 4.69) is 27.7 Å². The van der Waals surface area contributed by atoms with Gasteiger partial charge in [-0.05, 0) is 11.8 Å². The summed E-state index contributed by atoms with van der Waals surface area (Å²) in [5, 5.41) is 0. The summed E-state index contributed by atoms with van der Waals surface area (Å²) >= 11 is 0. The molecule has 0 aromatic carbocycles. The molecule has 0 unspecified atom stereocenters. The van der Waals surface area contributed by atoms with Gasteiger partial charge in [-0.2, -0.15) is 0 Å². The molecule has 0 saturated carbocycles. The van der Waals surface area contributed by atoms with Gasteiger partial charge in [0.25, 0.3) is 0 Å². The lowest BCUT2D eigenvalue weighted by Gasteiger charge is -2.19. The van der Waals surface area contributed by atoms with Gasteiger partial charge in [-0.1, -0.05) is 130 Å². The van der Waals surface area contributed by atoms with E-state index in [1.165, 1.54) is 103 Å². The summed E-state index contributed by atoms with van der Waals surface area (Å²) in [5.41, 5.74) is 0. The monoisotopic (exact) mass is 310 g/mol. The first-order valence-corrected chi connectivity index (χ1v) is 10.7. The molecule has 0 fully saturated rings. The van der Waals surface area contributed by atoms with Gasteiger partial charge in [-0.15, -0.1) is 0 Å². The molecule has 0 bridgehead atoms. The van der Waals surface area contributed by atoms with E-state index in [9.17, 15) is 0 Å². The first-order valence-electron chi connectivity index (χ1n) is 10.7. The average molecular weight is 311 g/mol. The summed E-state index contributed by atoms with van der Waals surface area (Å²) in [4.78, 5) is 0. The van der Waals surface area contributed by atoms with Gasteiger partial charge in [0.15, 0.2) is 0 Å². The minimum atomic E-state index is 0.940. The van der Waals surface area contributed by atoms with E-state index in [0.29, 0.717) is 0 Å². The van der Waals surface area contributed by atoms with Gasteiger partial charge < -0.3 is 0 Å². The lowest BCUT2D eigenvalue weighted by Crippen LogP contribution is -2.08. The molecule has 0 aromatic rings. The molecule has 0 rings (SSSR count). The van der Waals surface area contributed by atoms with Gasteiger partial charge in [0.05, 0.1) is 0 Å². The van der Waals surface area contributed by atoms with Crippen molar-refractivity contribution in [3.63, 3.8) is 0 Å². The van der Waals surface area contributed by atoms with Gasteiger partial charge in [0, 0.05) is 0 Å². The standard InChI is InChI=1S/C22H46/c1-5-7-9-11-13-15-17-19-21(3)22(4)20-18-16-14-12-10-8-6-2/h21-22H,5-20H2,1-4H3/t21-,22-/m1/s1. The maximum Gasteiger partial charge on any atom is -0.0417 e. The van der Waals surface area contributed by atoms with Crippen LogP contribution < -0.4 is 0 Å². The molecule has 0 spiro atoms. The van der Waals surface area contributed by atoms with Crippen LogP contribution in [0.3, 0.4) is 0 Å². The van der Waals surface area contributed by atoms with E-state index in [1.807, 2.05) is 0 Å². The second-order valence-corrected chi connectivity index (χ2v) is 7.77. The molecular weight excluding hydrogens is 264 g/mol. The topological polar surface area (TPSA) is 0 Å². The third-order valence-electron chi connectivity index (χ3n) is 5.50. The normalized spacial score (nSPS) is 14.2. The summed E-state index contributed by atoms with van der Waals surface area (Å²) in [5.74, 6) is 1.88. The second-order valence-electron chi connectivity index (χ2n) is 7.77. The Morgan fingerprint density at radius 3 is 1.00 bits per heavy atom. The Morgan fingerprint density at radius 1 is 0.409 bits per heavy atom. The summed E-state index contributed by atoms with van der Waals surface area (Å²) in [6.45, 7) is 9.58. The van der Waals surface area contributed by atoms with Gasteiger partial charge in [-0.25, -0.2) is 0 Å². The molecule has 0 aliphatic heterocycles. The molecule has 0 radical (unpaired) electrons. The highest BCUT2D eigenvalue weighted by atomic mass is 14.2. The molecule has 0 amide bonds. The van der Waals surface area contributed by atoms with Gasteiger partial charge in [-0.3, -0.25) is 0 Å². The van der Waals surface area contributed by atoms with Crippen molar-refractivity contribution in [2.45, 2.75) is 130 Å². The van der Waals surface area contributed by atoms with E-state index in [-0.39, 0.29) is 0 Å². The zero-order valence-electron chi connectivity index (χ0n) is 16.5. The molecule has 22 heavy (non-hydrogen) atoms. The highest BCUT2D eigenvalue weighted by Crippen LogP contribution is 2.24. The molecule has 0 aromatic heterocycles. The Morgan fingerprint density at radius 2 is 0.682 bits per heavy atom. The molecule has 134 valence electrons. The SMILES string of the molecule is CCCCCCCCC[C@@H](C)[C@H](C)CCCCCCCCC. The lowest BCUT2D eigenvalue weighted by molar-refractivity contribution is 0.322. The maximum absolute atomic E-state index is 2.49. The highest BCUT2D eigenvalue weighted by molar-refractivity contribution is 4.63. The van der Waals surface area contributed by atoms with Gasteiger partial charge in [0.2, 0.25) is 0 Å². The minimum Gasteiger partial charge on any atom is -0.0654 e. The van der Waals surface area contributed by atoms with E-state index in [1.54, 1.807) is 0 Å². The zero-order chi connectivity index (χ0) is 16.5. The van der Waals surface area contributed by atoms with E-state index >= 15 is 0 Å². The van der Waals surface area contributed by atoms with Crippen LogP contribution in [0.5, 0.6) is 0 Å². The molecule has 2 atom stereocenters. The Labute approximate surface area is 142 Å². The van der Waals surface area contributed by atoms with E-state index in [0.717, 1.165) is 11.8 Å². The van der Waals surface area contributed by atoms with Crippen molar-refractivity contribution in [2.75, 3.05) is 0 Å². The van der Waals surface area contributed by atoms with Crippen LogP contribution in [-0.2, 0) is 0 Å². The summed E-state index contributed by atoms with van der Waals surface area (Å²) in [6.07, 6.45) is 23.2. The van der Waals surface area contributed by atoms with Crippen LogP contribution in [0.15, 0.2) is 0 Å². The minimum absolute atomic E-state index is 0.940. The van der Waals surface area contributed by atoms with Crippen LogP contribution in [-0.4, -0.2) is 0 Å². The number of hydrogen-bond acceptors (Lipinski definition) is 0. The molecule has 0 aliphatic rings. The fourth-order valence-corrected chi connectivity index (χ4v) is 3.42. The largest absolute Gasteiger partial charge is 0.0654 e. The van der Waals surface area contributed by atoms with Gasteiger partial charge >= 0.3 is 0 Å². The molecule has 0 aliphatic carbocycles. The smallest absolute Gasteiger partial charge is 0.0417 e. The molecule has 0 N–H and O–H groups in total. The second kappa shape index (κ2) is 17.4. The average Bonchev–Trinajstić information content (AvgIpc) is 2.52. The Kier molecular flexibility index (Phi) is 17.4. The molecule has 0 saturated heterocycles.